The lowest BCUT2D eigenvalue weighted by Crippen LogP contribution is -2.44. The summed E-state index contributed by atoms with van der Waals surface area (Å²) >= 11 is 5.78. The van der Waals surface area contributed by atoms with E-state index in [2.05, 4.69) is 10.6 Å². The second-order valence-electron chi connectivity index (χ2n) is 6.93. The van der Waals surface area contributed by atoms with Crippen molar-refractivity contribution in [2.75, 3.05) is 26.2 Å². The Morgan fingerprint density at radius 2 is 1.88 bits per heavy atom. The van der Waals surface area contributed by atoms with Crippen LogP contribution in [0.2, 0.25) is 5.02 Å². The van der Waals surface area contributed by atoms with Crippen LogP contribution >= 0.6 is 11.6 Å². The van der Waals surface area contributed by atoms with Crippen LogP contribution in [-0.4, -0.2) is 54.1 Å². The van der Waals surface area contributed by atoms with Gasteiger partial charge in [0.2, 0.25) is 0 Å². The number of benzene rings is 1. The number of nitrogens with one attached hydrogen (secondary N) is 2. The second kappa shape index (κ2) is 7.53. The number of hydrogen-bond acceptors (Lipinski definition) is 3. The molecule has 1 aliphatic heterocycles. The summed E-state index contributed by atoms with van der Waals surface area (Å²) in [4.78, 5) is 37.5. The maximum Gasteiger partial charge on any atom is 0.317 e. The number of halogens is 1. The van der Waals surface area contributed by atoms with E-state index in [1.54, 1.807) is 29.2 Å². The topological polar surface area (TPSA) is 98.7 Å². The molecule has 0 bridgehead atoms. The Kier molecular flexibility index (Phi) is 5.36. The molecule has 1 heterocycles. The number of rotatable bonds is 5. The van der Waals surface area contributed by atoms with Gasteiger partial charge in [0.25, 0.3) is 5.91 Å². The Labute approximate surface area is 156 Å². The summed E-state index contributed by atoms with van der Waals surface area (Å²) < 4.78 is 0. The summed E-state index contributed by atoms with van der Waals surface area (Å²) in [6.45, 7) is 1.30. The van der Waals surface area contributed by atoms with E-state index in [1.165, 1.54) is 0 Å². The number of nitrogens with zero attached hydrogens (tertiary/aromatic N) is 1. The molecule has 3 rings (SSSR count). The highest BCUT2D eigenvalue weighted by atomic mass is 35.5. The fourth-order valence-corrected chi connectivity index (χ4v) is 4.08. The summed E-state index contributed by atoms with van der Waals surface area (Å²) in [5.41, 5.74) is -0.281. The number of urea groups is 1. The van der Waals surface area contributed by atoms with Crippen LogP contribution in [0.1, 0.15) is 29.6 Å². The third-order valence-electron chi connectivity index (χ3n) is 5.38. The monoisotopic (exact) mass is 379 g/mol. The molecule has 2 aliphatic rings. The van der Waals surface area contributed by atoms with Gasteiger partial charge < -0.3 is 20.6 Å². The maximum absolute atomic E-state index is 12.3. The van der Waals surface area contributed by atoms with Crippen LogP contribution in [-0.2, 0) is 4.79 Å². The van der Waals surface area contributed by atoms with Crippen LogP contribution in [0.3, 0.4) is 0 Å². The summed E-state index contributed by atoms with van der Waals surface area (Å²) in [6.07, 6.45) is 2.39. The molecule has 8 heteroatoms. The van der Waals surface area contributed by atoms with Gasteiger partial charge in [0.15, 0.2) is 0 Å². The lowest BCUT2D eigenvalue weighted by atomic mass is 9.81. The fraction of sp³-hybridized carbons (Fsp3) is 0.500. The van der Waals surface area contributed by atoms with Gasteiger partial charge in [0.05, 0.1) is 5.41 Å². The van der Waals surface area contributed by atoms with E-state index in [0.29, 0.717) is 23.6 Å². The number of carbonyl (C=O) groups is 3. The van der Waals surface area contributed by atoms with Crippen molar-refractivity contribution in [2.24, 2.45) is 11.3 Å². The first-order valence-corrected chi connectivity index (χ1v) is 9.10. The molecule has 0 spiro atoms. The number of hydrogen-bond donors (Lipinski definition) is 3. The predicted molar refractivity (Wildman–Crippen MR) is 96.2 cm³/mol. The molecule has 0 radical (unpaired) electrons. The van der Waals surface area contributed by atoms with Crippen LogP contribution < -0.4 is 10.6 Å². The van der Waals surface area contributed by atoms with Gasteiger partial charge in [-0.2, -0.15) is 0 Å². The molecule has 26 heavy (non-hydrogen) atoms. The molecule has 7 nitrogen and oxygen atoms in total. The summed E-state index contributed by atoms with van der Waals surface area (Å²) in [7, 11) is 0. The van der Waals surface area contributed by atoms with Crippen LogP contribution in [0.5, 0.6) is 0 Å². The molecule has 1 saturated heterocycles. The van der Waals surface area contributed by atoms with E-state index in [1.807, 2.05) is 0 Å². The fourth-order valence-electron chi connectivity index (χ4n) is 3.95. The molecule has 1 aromatic carbocycles. The Morgan fingerprint density at radius 3 is 2.54 bits per heavy atom. The Morgan fingerprint density at radius 1 is 1.19 bits per heavy atom. The first-order valence-electron chi connectivity index (χ1n) is 8.72. The van der Waals surface area contributed by atoms with E-state index in [9.17, 15) is 19.5 Å². The normalized spacial score (nSPS) is 24.2. The van der Waals surface area contributed by atoms with Crippen molar-refractivity contribution in [3.63, 3.8) is 0 Å². The van der Waals surface area contributed by atoms with Gasteiger partial charge in [-0.25, -0.2) is 4.79 Å². The second-order valence-corrected chi connectivity index (χ2v) is 7.36. The molecule has 140 valence electrons. The van der Waals surface area contributed by atoms with Crippen LogP contribution in [0.15, 0.2) is 24.3 Å². The quantitative estimate of drug-likeness (QED) is 0.681. The maximum atomic E-state index is 12.3. The van der Waals surface area contributed by atoms with Crippen LogP contribution in [0.4, 0.5) is 4.79 Å². The summed E-state index contributed by atoms with van der Waals surface area (Å²) in [5, 5.41) is 15.6. The first-order chi connectivity index (χ1) is 12.4. The number of aliphatic carboxylic acids is 1. The van der Waals surface area contributed by atoms with E-state index in [-0.39, 0.29) is 37.5 Å². The minimum atomic E-state index is -0.800. The number of carboxylic acids is 1. The number of likely N-dealkylation sites (tertiary alicyclic amines) is 1. The molecule has 1 aliphatic carbocycles. The van der Waals surface area contributed by atoms with E-state index in [4.69, 9.17) is 11.6 Å². The summed E-state index contributed by atoms with van der Waals surface area (Å²) in [5.74, 6) is -1.00. The highest BCUT2D eigenvalue weighted by Gasteiger charge is 2.55. The molecule has 3 amide bonds. The van der Waals surface area contributed by atoms with Crippen molar-refractivity contribution >= 4 is 29.5 Å². The zero-order chi connectivity index (χ0) is 18.7. The number of amides is 3. The minimum absolute atomic E-state index is 0.0374. The molecule has 2 atom stereocenters. The zero-order valence-electron chi connectivity index (χ0n) is 14.3. The molecular formula is C18H22ClN3O4. The predicted octanol–water partition coefficient (Wildman–Crippen LogP) is 1.97. The van der Waals surface area contributed by atoms with Crippen molar-refractivity contribution in [3.8, 4) is 0 Å². The SMILES string of the molecule is O=C(NCCNC(=O)N1C[C@@H]2CCC[C@@]2(C(=O)O)C1)c1ccc(Cl)cc1. The minimum Gasteiger partial charge on any atom is -0.481 e. The Hall–Kier alpha value is -2.28. The average molecular weight is 380 g/mol. The van der Waals surface area contributed by atoms with Crippen molar-refractivity contribution < 1.29 is 19.5 Å². The van der Waals surface area contributed by atoms with Crippen molar-refractivity contribution in [3.05, 3.63) is 34.9 Å². The highest BCUT2D eigenvalue weighted by Crippen LogP contribution is 2.48. The molecule has 1 saturated carbocycles. The van der Waals surface area contributed by atoms with Crippen LogP contribution in [0.25, 0.3) is 0 Å². The highest BCUT2D eigenvalue weighted by molar-refractivity contribution is 6.30. The molecule has 1 aromatic rings. The molecule has 0 aromatic heterocycles. The zero-order valence-corrected chi connectivity index (χ0v) is 15.1. The van der Waals surface area contributed by atoms with Crippen molar-refractivity contribution in [1.82, 2.24) is 15.5 Å². The van der Waals surface area contributed by atoms with Gasteiger partial charge in [-0.1, -0.05) is 18.0 Å². The smallest absolute Gasteiger partial charge is 0.317 e. The number of fused-ring (bicyclic) bond motifs is 1. The Bertz CT molecular complexity index is 709. The van der Waals surface area contributed by atoms with Crippen LogP contribution in [0, 0.1) is 11.3 Å². The van der Waals surface area contributed by atoms with E-state index >= 15 is 0 Å². The average Bonchev–Trinajstić information content (AvgIpc) is 3.17. The number of carbonyl (C=O) groups excluding carboxylic acids is 2. The van der Waals surface area contributed by atoms with Crippen molar-refractivity contribution in [1.29, 1.82) is 0 Å². The van der Waals surface area contributed by atoms with Crippen molar-refractivity contribution in [2.45, 2.75) is 19.3 Å². The molecule has 2 fully saturated rings. The Balaban J connectivity index is 1.43. The lowest BCUT2D eigenvalue weighted by molar-refractivity contribution is -0.149. The largest absolute Gasteiger partial charge is 0.481 e. The van der Waals surface area contributed by atoms with Gasteiger partial charge in [-0.3, -0.25) is 9.59 Å². The summed E-state index contributed by atoms with van der Waals surface area (Å²) in [6, 6.07) is 6.26. The van der Waals surface area contributed by atoms with Gasteiger partial charge in [0.1, 0.15) is 0 Å². The lowest BCUT2D eigenvalue weighted by Gasteiger charge is -2.23. The van der Waals surface area contributed by atoms with Gasteiger partial charge >= 0.3 is 12.0 Å². The third-order valence-corrected chi connectivity index (χ3v) is 5.63. The molecule has 0 unspecified atom stereocenters. The standard InChI is InChI=1S/C18H22ClN3O4/c19-14-5-3-12(4-6-14)15(23)20-8-9-21-17(26)22-10-13-2-1-7-18(13,11-22)16(24)25/h3-6,13H,1-2,7-11H2,(H,20,23)(H,21,26)(H,24,25)/t13-,18+/m0/s1. The third kappa shape index (κ3) is 3.62. The first kappa shape index (κ1) is 18.5. The molecule has 3 N–H and O–H groups in total. The van der Waals surface area contributed by atoms with E-state index in [0.717, 1.165) is 12.8 Å². The van der Waals surface area contributed by atoms with Gasteiger partial charge in [-0.15, -0.1) is 0 Å². The van der Waals surface area contributed by atoms with Gasteiger partial charge in [0, 0.05) is 36.8 Å². The number of carboxylic acid groups (broad SMARTS) is 1. The van der Waals surface area contributed by atoms with Gasteiger partial charge in [-0.05, 0) is 43.0 Å². The van der Waals surface area contributed by atoms with E-state index < -0.39 is 11.4 Å². The molecular weight excluding hydrogens is 358 g/mol.